The zero-order chi connectivity index (χ0) is 18.5. The second-order valence-corrected chi connectivity index (χ2v) is 6.85. The van der Waals surface area contributed by atoms with Crippen LogP contribution in [0.5, 0.6) is 11.6 Å². The SMILES string of the molecule is CC1(O)CC(n2cnc3ccc(Oc4ccc(C(F)(F)F)cn4)cc32)C1. The number of nitrogens with zero attached hydrogens (tertiary/aromatic N) is 3. The van der Waals surface area contributed by atoms with Gasteiger partial charge in [0.25, 0.3) is 0 Å². The normalized spacial score (nSPS) is 23.0. The Morgan fingerprint density at radius 2 is 1.96 bits per heavy atom. The number of fused-ring (bicyclic) bond motifs is 1. The fraction of sp³-hybridized carbons (Fsp3) is 0.333. The van der Waals surface area contributed by atoms with E-state index in [1.165, 1.54) is 6.07 Å². The van der Waals surface area contributed by atoms with E-state index in [4.69, 9.17) is 4.74 Å². The highest BCUT2D eigenvalue weighted by Gasteiger charge is 2.39. The van der Waals surface area contributed by atoms with Gasteiger partial charge in [-0.1, -0.05) is 0 Å². The minimum absolute atomic E-state index is 0.0787. The molecule has 2 aromatic heterocycles. The molecular formula is C18H16F3N3O2. The zero-order valence-electron chi connectivity index (χ0n) is 13.9. The molecule has 0 spiro atoms. The molecule has 1 aliphatic carbocycles. The molecule has 0 atom stereocenters. The molecule has 0 aliphatic heterocycles. The van der Waals surface area contributed by atoms with Gasteiger partial charge in [0.05, 0.1) is 28.5 Å². The predicted molar refractivity (Wildman–Crippen MR) is 87.9 cm³/mol. The number of alkyl halides is 3. The molecule has 1 N–H and O–H groups in total. The van der Waals surface area contributed by atoms with Crippen molar-refractivity contribution in [3.8, 4) is 11.6 Å². The monoisotopic (exact) mass is 363 g/mol. The number of hydrogen-bond acceptors (Lipinski definition) is 4. The van der Waals surface area contributed by atoms with Gasteiger partial charge in [-0.25, -0.2) is 9.97 Å². The summed E-state index contributed by atoms with van der Waals surface area (Å²) in [4.78, 5) is 8.06. The summed E-state index contributed by atoms with van der Waals surface area (Å²) >= 11 is 0. The van der Waals surface area contributed by atoms with Gasteiger partial charge in [0.1, 0.15) is 5.75 Å². The molecule has 3 aromatic rings. The molecule has 1 saturated carbocycles. The van der Waals surface area contributed by atoms with Gasteiger partial charge in [-0.05, 0) is 38.0 Å². The Labute approximate surface area is 147 Å². The lowest BCUT2D eigenvalue weighted by Crippen LogP contribution is -2.41. The first kappa shape index (κ1) is 16.8. The van der Waals surface area contributed by atoms with Gasteiger partial charge in [-0.3, -0.25) is 0 Å². The Morgan fingerprint density at radius 1 is 1.19 bits per heavy atom. The number of halogens is 3. The van der Waals surface area contributed by atoms with Crippen molar-refractivity contribution >= 4 is 11.0 Å². The maximum atomic E-state index is 12.6. The van der Waals surface area contributed by atoms with Gasteiger partial charge in [0.2, 0.25) is 5.88 Å². The highest BCUT2D eigenvalue weighted by atomic mass is 19.4. The van der Waals surface area contributed by atoms with E-state index in [2.05, 4.69) is 9.97 Å². The number of pyridine rings is 1. The van der Waals surface area contributed by atoms with Crippen LogP contribution in [0.2, 0.25) is 0 Å². The van der Waals surface area contributed by atoms with Crippen LogP contribution < -0.4 is 4.74 Å². The molecule has 0 amide bonds. The highest BCUT2D eigenvalue weighted by Crippen LogP contribution is 2.42. The number of ether oxygens (including phenoxy) is 1. The average Bonchev–Trinajstić information content (AvgIpc) is 2.95. The molecule has 2 heterocycles. The third-order valence-corrected chi connectivity index (χ3v) is 4.58. The van der Waals surface area contributed by atoms with Crippen LogP contribution in [0.4, 0.5) is 13.2 Å². The van der Waals surface area contributed by atoms with Crippen LogP contribution in [0.3, 0.4) is 0 Å². The summed E-state index contributed by atoms with van der Waals surface area (Å²) in [6.45, 7) is 1.80. The first-order valence-corrected chi connectivity index (χ1v) is 8.11. The molecule has 0 radical (unpaired) electrons. The van der Waals surface area contributed by atoms with Crippen LogP contribution in [0, 0.1) is 0 Å². The largest absolute Gasteiger partial charge is 0.439 e. The predicted octanol–water partition coefficient (Wildman–Crippen LogP) is 4.33. The number of hydrogen-bond donors (Lipinski definition) is 1. The van der Waals surface area contributed by atoms with Gasteiger partial charge in [0, 0.05) is 24.4 Å². The van der Waals surface area contributed by atoms with E-state index in [0.717, 1.165) is 23.3 Å². The molecule has 4 rings (SSSR count). The summed E-state index contributed by atoms with van der Waals surface area (Å²) < 4.78 is 45.3. The van der Waals surface area contributed by atoms with Crippen molar-refractivity contribution in [3.63, 3.8) is 0 Å². The lowest BCUT2D eigenvalue weighted by Gasteiger charge is -2.41. The smallest absolute Gasteiger partial charge is 0.417 e. The fourth-order valence-corrected chi connectivity index (χ4v) is 3.24. The summed E-state index contributed by atoms with van der Waals surface area (Å²) in [5.41, 5.74) is 0.147. The summed E-state index contributed by atoms with van der Waals surface area (Å²) in [6.07, 6.45) is -0.672. The maximum absolute atomic E-state index is 12.6. The Kier molecular flexibility index (Phi) is 3.69. The van der Waals surface area contributed by atoms with Crippen LogP contribution in [0.25, 0.3) is 11.0 Å². The van der Waals surface area contributed by atoms with Crippen LogP contribution in [0.15, 0.2) is 42.9 Å². The third-order valence-electron chi connectivity index (χ3n) is 4.58. The topological polar surface area (TPSA) is 60.2 Å². The second kappa shape index (κ2) is 5.70. The molecular weight excluding hydrogens is 347 g/mol. The van der Waals surface area contributed by atoms with E-state index < -0.39 is 17.3 Å². The van der Waals surface area contributed by atoms with Crippen molar-refractivity contribution < 1.29 is 23.0 Å². The number of rotatable bonds is 3. The van der Waals surface area contributed by atoms with E-state index in [-0.39, 0.29) is 11.9 Å². The second-order valence-electron chi connectivity index (χ2n) is 6.85. The molecule has 136 valence electrons. The first-order valence-electron chi connectivity index (χ1n) is 8.11. The molecule has 1 aliphatic rings. The Hall–Kier alpha value is -2.61. The molecule has 1 aromatic carbocycles. The first-order chi connectivity index (χ1) is 12.2. The van der Waals surface area contributed by atoms with E-state index in [9.17, 15) is 18.3 Å². The number of aliphatic hydroxyl groups is 1. The molecule has 0 saturated heterocycles. The molecule has 1 fully saturated rings. The molecule has 8 heteroatoms. The van der Waals surface area contributed by atoms with Crippen LogP contribution in [-0.4, -0.2) is 25.2 Å². The zero-order valence-corrected chi connectivity index (χ0v) is 13.9. The molecule has 0 bridgehead atoms. The summed E-state index contributed by atoms with van der Waals surface area (Å²) in [5, 5.41) is 9.94. The van der Waals surface area contributed by atoms with Crippen molar-refractivity contribution in [2.24, 2.45) is 0 Å². The molecule has 0 unspecified atom stereocenters. The summed E-state index contributed by atoms with van der Waals surface area (Å²) in [6, 6.07) is 7.52. The van der Waals surface area contributed by atoms with Gasteiger partial charge < -0.3 is 14.4 Å². The minimum atomic E-state index is -4.43. The van der Waals surface area contributed by atoms with E-state index in [1.54, 1.807) is 31.5 Å². The lowest BCUT2D eigenvalue weighted by molar-refractivity contribution is -0.137. The van der Waals surface area contributed by atoms with Crippen molar-refractivity contribution in [1.82, 2.24) is 14.5 Å². The van der Waals surface area contributed by atoms with Gasteiger partial charge >= 0.3 is 6.18 Å². The number of benzene rings is 1. The third kappa shape index (κ3) is 3.12. The molecule has 26 heavy (non-hydrogen) atoms. The Bertz CT molecular complexity index is 940. The van der Waals surface area contributed by atoms with Crippen LogP contribution in [0.1, 0.15) is 31.4 Å². The fourth-order valence-electron chi connectivity index (χ4n) is 3.24. The summed E-state index contributed by atoms with van der Waals surface area (Å²) in [7, 11) is 0. The standard InChI is InChI=1S/C18H16F3N3O2/c1-17(25)7-12(8-17)24-10-23-14-4-3-13(6-15(14)24)26-16-5-2-11(9-22-16)18(19,20)21/h2-6,9-10,12,25H,7-8H2,1H3. The van der Waals surface area contributed by atoms with Gasteiger partial charge in [-0.15, -0.1) is 0 Å². The van der Waals surface area contributed by atoms with E-state index in [0.29, 0.717) is 18.6 Å². The van der Waals surface area contributed by atoms with Crippen molar-refractivity contribution in [3.05, 3.63) is 48.4 Å². The lowest BCUT2D eigenvalue weighted by atomic mass is 9.77. The number of aromatic nitrogens is 3. The van der Waals surface area contributed by atoms with Gasteiger partial charge in [0.15, 0.2) is 0 Å². The van der Waals surface area contributed by atoms with E-state index in [1.807, 2.05) is 4.57 Å². The minimum Gasteiger partial charge on any atom is -0.439 e. The van der Waals surface area contributed by atoms with Crippen LogP contribution >= 0.6 is 0 Å². The van der Waals surface area contributed by atoms with E-state index >= 15 is 0 Å². The maximum Gasteiger partial charge on any atom is 0.417 e. The molecule has 5 nitrogen and oxygen atoms in total. The highest BCUT2D eigenvalue weighted by molar-refractivity contribution is 5.77. The Morgan fingerprint density at radius 3 is 2.58 bits per heavy atom. The summed E-state index contributed by atoms with van der Waals surface area (Å²) in [5.74, 6) is 0.535. The Balaban J connectivity index is 1.57. The van der Waals surface area contributed by atoms with Crippen molar-refractivity contribution in [1.29, 1.82) is 0 Å². The van der Waals surface area contributed by atoms with Crippen molar-refractivity contribution in [2.45, 2.75) is 37.6 Å². The number of imidazole rings is 1. The quantitative estimate of drug-likeness (QED) is 0.753. The van der Waals surface area contributed by atoms with Crippen molar-refractivity contribution in [2.75, 3.05) is 0 Å². The van der Waals surface area contributed by atoms with Crippen LogP contribution in [-0.2, 0) is 6.18 Å². The average molecular weight is 363 g/mol. The van der Waals surface area contributed by atoms with Gasteiger partial charge in [-0.2, -0.15) is 13.2 Å².